The van der Waals surface area contributed by atoms with E-state index in [-0.39, 0.29) is 5.56 Å². The van der Waals surface area contributed by atoms with E-state index in [2.05, 4.69) is 0 Å². The Kier molecular flexibility index (Phi) is 2.99. The first-order valence-corrected chi connectivity index (χ1v) is 6.16. The number of aliphatic hydroxyl groups excluding tert-OH is 2. The average molecular weight is 258 g/mol. The van der Waals surface area contributed by atoms with Crippen LogP contribution in [-0.4, -0.2) is 32.5 Å². The maximum absolute atomic E-state index is 11.2. The molecule has 0 aliphatic heterocycles. The van der Waals surface area contributed by atoms with Gasteiger partial charge in [0.2, 0.25) is 0 Å². The Labute approximate surface area is 102 Å². The molecule has 1 aliphatic rings. The highest BCUT2D eigenvalue weighted by Gasteiger charge is 2.49. The fourth-order valence-electron chi connectivity index (χ4n) is 2.08. The number of aryl methyl sites for hydroxylation is 1. The van der Waals surface area contributed by atoms with Crippen LogP contribution in [-0.2, 0) is 16.8 Å². The first-order chi connectivity index (χ1) is 7.90. The molecular weight excluding hydrogens is 244 g/mol. The Balaban J connectivity index is 2.59. The lowest BCUT2D eigenvalue weighted by Gasteiger charge is -2.34. The summed E-state index contributed by atoms with van der Waals surface area (Å²) < 4.78 is 0. The van der Waals surface area contributed by atoms with Crippen LogP contribution in [0.3, 0.4) is 0 Å². The zero-order valence-corrected chi connectivity index (χ0v) is 10.1. The van der Waals surface area contributed by atoms with Crippen molar-refractivity contribution >= 4 is 17.3 Å². The summed E-state index contributed by atoms with van der Waals surface area (Å²) >= 11 is 1.23. The van der Waals surface area contributed by atoms with Crippen molar-refractivity contribution in [1.82, 2.24) is 0 Å². The molecule has 0 aromatic carbocycles. The van der Waals surface area contributed by atoms with Gasteiger partial charge in [0.1, 0.15) is 6.10 Å². The van der Waals surface area contributed by atoms with Crippen LogP contribution in [0.1, 0.15) is 34.8 Å². The summed E-state index contributed by atoms with van der Waals surface area (Å²) in [7, 11) is 0. The van der Waals surface area contributed by atoms with Crippen LogP contribution in [0.25, 0.3) is 0 Å². The summed E-state index contributed by atoms with van der Waals surface area (Å²) in [5, 5.41) is 38.7. The van der Waals surface area contributed by atoms with Gasteiger partial charge in [0.05, 0.1) is 6.10 Å². The van der Waals surface area contributed by atoms with E-state index in [9.17, 15) is 20.1 Å². The van der Waals surface area contributed by atoms with Crippen LogP contribution >= 0.6 is 11.3 Å². The minimum atomic E-state index is -2.10. The summed E-state index contributed by atoms with van der Waals surface area (Å²) in [5.41, 5.74) is -1.89. The monoisotopic (exact) mass is 258 g/mol. The van der Waals surface area contributed by atoms with Crippen molar-refractivity contribution in [2.24, 2.45) is 0 Å². The number of rotatable bonds is 2. The van der Waals surface area contributed by atoms with Gasteiger partial charge in [0.25, 0.3) is 0 Å². The summed E-state index contributed by atoms with van der Waals surface area (Å²) in [6.07, 6.45) is -2.08. The average Bonchev–Trinajstić information content (AvgIpc) is 2.70. The molecule has 0 spiro atoms. The number of carboxylic acid groups (broad SMARTS) is 1. The minimum Gasteiger partial charge on any atom is -0.479 e. The predicted octanol–water partition coefficient (Wildman–Crippen LogP) is 0.381. The van der Waals surface area contributed by atoms with Gasteiger partial charge in [-0.15, -0.1) is 11.3 Å². The van der Waals surface area contributed by atoms with Crippen molar-refractivity contribution in [3.8, 4) is 0 Å². The van der Waals surface area contributed by atoms with Crippen LogP contribution in [0.4, 0.5) is 0 Å². The lowest BCUT2D eigenvalue weighted by atomic mass is 9.80. The van der Waals surface area contributed by atoms with Crippen LogP contribution in [0, 0.1) is 0 Å². The first kappa shape index (κ1) is 12.5. The summed E-state index contributed by atoms with van der Waals surface area (Å²) in [4.78, 5) is 12.4. The molecule has 0 saturated heterocycles. The summed E-state index contributed by atoms with van der Waals surface area (Å²) in [5.74, 6) is -1.40. The van der Waals surface area contributed by atoms with E-state index in [0.29, 0.717) is 11.3 Å². The number of carboxylic acids is 1. The molecule has 1 aromatic heterocycles. The molecule has 1 aromatic rings. The number of hydrogen-bond acceptors (Lipinski definition) is 5. The third kappa shape index (κ3) is 1.77. The molecule has 0 saturated carbocycles. The SMILES string of the molecule is CCc1cc2c(s1)[C@@H](O)[C@H](O)CC2(O)C(=O)O. The molecular formula is C11H14O5S. The molecule has 17 heavy (non-hydrogen) atoms. The summed E-state index contributed by atoms with van der Waals surface area (Å²) in [6, 6.07) is 1.60. The standard InChI is InChI=1S/C11H14O5S/c1-2-5-3-6-9(17-5)8(13)7(12)4-11(6,16)10(14)15/h3,7-8,12-13,16H,2,4H2,1H3,(H,14,15)/t7-,8+,11?/m1/s1. The van der Waals surface area contributed by atoms with Gasteiger partial charge in [-0.25, -0.2) is 4.79 Å². The molecule has 0 bridgehead atoms. The topological polar surface area (TPSA) is 98.0 Å². The molecule has 6 heteroatoms. The van der Waals surface area contributed by atoms with Crippen LogP contribution < -0.4 is 0 Å². The highest BCUT2D eigenvalue weighted by molar-refractivity contribution is 7.12. The fraction of sp³-hybridized carbons (Fsp3) is 0.545. The number of fused-ring (bicyclic) bond motifs is 1. The van der Waals surface area contributed by atoms with E-state index in [1.165, 1.54) is 11.3 Å². The summed E-state index contributed by atoms with van der Waals surface area (Å²) in [6.45, 7) is 1.90. The molecule has 3 atom stereocenters. The van der Waals surface area contributed by atoms with Crippen molar-refractivity contribution in [2.75, 3.05) is 0 Å². The molecule has 94 valence electrons. The van der Waals surface area contributed by atoms with Gasteiger partial charge in [-0.3, -0.25) is 0 Å². The molecule has 5 nitrogen and oxygen atoms in total. The molecule has 0 amide bonds. The van der Waals surface area contributed by atoms with Gasteiger partial charge in [0, 0.05) is 21.7 Å². The molecule has 1 unspecified atom stereocenters. The molecule has 1 heterocycles. The zero-order chi connectivity index (χ0) is 12.8. The van der Waals surface area contributed by atoms with Gasteiger partial charge in [-0.1, -0.05) is 6.92 Å². The smallest absolute Gasteiger partial charge is 0.340 e. The lowest BCUT2D eigenvalue weighted by Crippen LogP contribution is -2.44. The number of hydrogen-bond donors (Lipinski definition) is 4. The Morgan fingerprint density at radius 3 is 2.76 bits per heavy atom. The Morgan fingerprint density at radius 2 is 2.24 bits per heavy atom. The minimum absolute atomic E-state index is 0.213. The van der Waals surface area contributed by atoms with Crippen molar-refractivity contribution in [1.29, 1.82) is 0 Å². The molecule has 4 N–H and O–H groups in total. The van der Waals surface area contributed by atoms with Gasteiger partial charge in [-0.2, -0.15) is 0 Å². The van der Waals surface area contributed by atoms with E-state index >= 15 is 0 Å². The van der Waals surface area contributed by atoms with Gasteiger partial charge >= 0.3 is 5.97 Å². The van der Waals surface area contributed by atoms with Crippen LogP contribution in [0.5, 0.6) is 0 Å². The number of aliphatic carboxylic acids is 1. The number of thiophene rings is 1. The molecule has 2 rings (SSSR count). The highest BCUT2D eigenvalue weighted by atomic mass is 32.1. The van der Waals surface area contributed by atoms with E-state index in [0.717, 1.165) is 4.88 Å². The third-order valence-electron chi connectivity index (χ3n) is 3.10. The van der Waals surface area contributed by atoms with Crippen molar-refractivity contribution < 1.29 is 25.2 Å². The predicted molar refractivity (Wildman–Crippen MR) is 60.8 cm³/mol. The normalized spacial score (nSPS) is 32.2. The van der Waals surface area contributed by atoms with Crippen LogP contribution in [0.15, 0.2) is 6.07 Å². The fourth-order valence-corrected chi connectivity index (χ4v) is 3.30. The Morgan fingerprint density at radius 1 is 1.59 bits per heavy atom. The third-order valence-corrected chi connectivity index (χ3v) is 4.45. The van der Waals surface area contributed by atoms with E-state index in [1.54, 1.807) is 6.07 Å². The second kappa shape index (κ2) is 4.06. The second-order valence-electron chi connectivity index (χ2n) is 4.23. The maximum atomic E-state index is 11.2. The number of carbonyl (C=O) groups is 1. The van der Waals surface area contributed by atoms with E-state index < -0.39 is 30.2 Å². The Hall–Kier alpha value is -0.950. The van der Waals surface area contributed by atoms with Gasteiger partial charge in [-0.05, 0) is 12.5 Å². The van der Waals surface area contributed by atoms with Crippen molar-refractivity contribution in [3.05, 3.63) is 21.4 Å². The zero-order valence-electron chi connectivity index (χ0n) is 9.25. The number of aliphatic hydroxyl groups is 3. The highest BCUT2D eigenvalue weighted by Crippen LogP contribution is 2.45. The largest absolute Gasteiger partial charge is 0.479 e. The van der Waals surface area contributed by atoms with Gasteiger partial charge < -0.3 is 20.4 Å². The molecule has 0 fully saturated rings. The van der Waals surface area contributed by atoms with Gasteiger partial charge in [0.15, 0.2) is 5.60 Å². The quantitative estimate of drug-likeness (QED) is 0.615. The second-order valence-corrected chi connectivity index (χ2v) is 5.39. The van der Waals surface area contributed by atoms with Crippen molar-refractivity contribution in [3.63, 3.8) is 0 Å². The maximum Gasteiger partial charge on any atom is 0.340 e. The Bertz CT molecular complexity index is 455. The molecule has 1 aliphatic carbocycles. The van der Waals surface area contributed by atoms with Crippen LogP contribution in [0.2, 0.25) is 0 Å². The van der Waals surface area contributed by atoms with E-state index in [1.807, 2.05) is 6.92 Å². The first-order valence-electron chi connectivity index (χ1n) is 5.35. The van der Waals surface area contributed by atoms with E-state index in [4.69, 9.17) is 5.11 Å². The lowest BCUT2D eigenvalue weighted by molar-refractivity contribution is -0.168. The molecule has 0 radical (unpaired) electrons. The van der Waals surface area contributed by atoms with Crippen molar-refractivity contribution in [2.45, 2.75) is 37.6 Å².